The summed E-state index contributed by atoms with van der Waals surface area (Å²) in [5.41, 5.74) is 2.63. The Balaban J connectivity index is 3.10. The van der Waals surface area contributed by atoms with Gasteiger partial charge in [0, 0.05) is 5.02 Å². The Labute approximate surface area is 82.2 Å². The molecule has 0 bridgehead atoms. The minimum absolute atomic E-state index is 0.0336. The minimum Gasteiger partial charge on any atom is -0.481 e. The molecule has 0 saturated carbocycles. The van der Waals surface area contributed by atoms with Crippen molar-refractivity contribution in [3.8, 4) is 0 Å². The highest BCUT2D eigenvalue weighted by Gasteiger charge is 2.07. The molecule has 0 aliphatic carbocycles. The SMILES string of the molecule is Cc1ccc(CC(=O)O)c(C)c1Cl. The Hall–Kier alpha value is -1.02. The largest absolute Gasteiger partial charge is 0.481 e. The number of halogens is 1. The first kappa shape index (κ1) is 10.1. The summed E-state index contributed by atoms with van der Waals surface area (Å²) in [4.78, 5) is 10.5. The molecule has 1 aromatic rings. The zero-order chi connectivity index (χ0) is 10.0. The monoisotopic (exact) mass is 198 g/mol. The topological polar surface area (TPSA) is 37.3 Å². The highest BCUT2D eigenvalue weighted by Crippen LogP contribution is 2.23. The van der Waals surface area contributed by atoms with Gasteiger partial charge in [-0.1, -0.05) is 23.7 Å². The molecule has 0 spiro atoms. The van der Waals surface area contributed by atoms with Gasteiger partial charge in [0.25, 0.3) is 0 Å². The molecule has 70 valence electrons. The Morgan fingerprint density at radius 3 is 2.62 bits per heavy atom. The molecule has 0 aliphatic heterocycles. The first-order valence-corrected chi connectivity index (χ1v) is 4.36. The molecular weight excluding hydrogens is 188 g/mol. The van der Waals surface area contributed by atoms with Crippen LogP contribution in [0.1, 0.15) is 16.7 Å². The predicted octanol–water partition coefficient (Wildman–Crippen LogP) is 2.58. The Bertz CT molecular complexity index is 345. The van der Waals surface area contributed by atoms with E-state index in [4.69, 9.17) is 16.7 Å². The maximum Gasteiger partial charge on any atom is 0.307 e. The van der Waals surface area contributed by atoms with Gasteiger partial charge in [-0.15, -0.1) is 0 Å². The molecule has 0 radical (unpaired) electrons. The number of carboxylic acids is 1. The summed E-state index contributed by atoms with van der Waals surface area (Å²) in [5.74, 6) is -0.831. The van der Waals surface area contributed by atoms with Crippen LogP contribution in [0.15, 0.2) is 12.1 Å². The van der Waals surface area contributed by atoms with Gasteiger partial charge in [-0.25, -0.2) is 0 Å². The van der Waals surface area contributed by atoms with Crippen LogP contribution >= 0.6 is 11.6 Å². The van der Waals surface area contributed by atoms with Gasteiger partial charge in [-0.3, -0.25) is 4.79 Å². The van der Waals surface area contributed by atoms with Crippen LogP contribution in [0.25, 0.3) is 0 Å². The third-order valence-electron chi connectivity index (χ3n) is 2.03. The van der Waals surface area contributed by atoms with E-state index < -0.39 is 5.97 Å². The van der Waals surface area contributed by atoms with Crippen molar-refractivity contribution in [2.45, 2.75) is 20.3 Å². The third-order valence-corrected chi connectivity index (χ3v) is 2.61. The average Bonchev–Trinajstić information content (AvgIpc) is 2.06. The quantitative estimate of drug-likeness (QED) is 0.793. The first-order chi connectivity index (χ1) is 6.02. The van der Waals surface area contributed by atoms with Crippen LogP contribution in [0.3, 0.4) is 0 Å². The highest BCUT2D eigenvalue weighted by atomic mass is 35.5. The first-order valence-electron chi connectivity index (χ1n) is 3.98. The van der Waals surface area contributed by atoms with Gasteiger partial charge in [-0.05, 0) is 30.5 Å². The molecule has 0 saturated heterocycles. The lowest BCUT2D eigenvalue weighted by molar-refractivity contribution is -0.136. The van der Waals surface area contributed by atoms with Gasteiger partial charge >= 0.3 is 5.97 Å². The van der Waals surface area contributed by atoms with E-state index in [1.54, 1.807) is 0 Å². The van der Waals surface area contributed by atoms with Crippen LogP contribution in [0.4, 0.5) is 0 Å². The maximum atomic E-state index is 10.5. The molecular formula is C10H11ClO2. The van der Waals surface area contributed by atoms with E-state index >= 15 is 0 Å². The van der Waals surface area contributed by atoms with Gasteiger partial charge < -0.3 is 5.11 Å². The molecule has 1 N–H and O–H groups in total. The van der Waals surface area contributed by atoms with Gasteiger partial charge in [0.2, 0.25) is 0 Å². The molecule has 2 nitrogen and oxygen atoms in total. The van der Waals surface area contributed by atoms with Crippen LogP contribution in [0, 0.1) is 13.8 Å². The second kappa shape index (κ2) is 3.79. The van der Waals surface area contributed by atoms with E-state index in [-0.39, 0.29) is 6.42 Å². The second-order valence-electron chi connectivity index (χ2n) is 3.05. The van der Waals surface area contributed by atoms with Crippen molar-refractivity contribution in [3.63, 3.8) is 0 Å². The smallest absolute Gasteiger partial charge is 0.307 e. The lowest BCUT2D eigenvalue weighted by Crippen LogP contribution is -2.02. The Kier molecular flexibility index (Phi) is 2.94. The van der Waals surface area contributed by atoms with Crippen LogP contribution < -0.4 is 0 Å². The van der Waals surface area contributed by atoms with Crippen molar-refractivity contribution in [1.82, 2.24) is 0 Å². The second-order valence-corrected chi connectivity index (χ2v) is 3.43. The van der Waals surface area contributed by atoms with E-state index in [2.05, 4.69) is 0 Å². The average molecular weight is 199 g/mol. The molecule has 1 rings (SSSR count). The lowest BCUT2D eigenvalue weighted by atomic mass is 10.0. The number of benzene rings is 1. The molecule has 0 fully saturated rings. The third kappa shape index (κ3) is 2.22. The van der Waals surface area contributed by atoms with Crippen LogP contribution in [0.5, 0.6) is 0 Å². The summed E-state index contributed by atoms with van der Waals surface area (Å²) < 4.78 is 0. The van der Waals surface area contributed by atoms with Crippen molar-refractivity contribution in [2.24, 2.45) is 0 Å². The van der Waals surface area contributed by atoms with E-state index in [1.165, 1.54) is 0 Å². The zero-order valence-corrected chi connectivity index (χ0v) is 8.35. The lowest BCUT2D eigenvalue weighted by Gasteiger charge is -2.07. The maximum absolute atomic E-state index is 10.5. The van der Waals surface area contributed by atoms with E-state index in [0.29, 0.717) is 5.02 Å². The normalized spacial score (nSPS) is 10.1. The fourth-order valence-electron chi connectivity index (χ4n) is 1.21. The summed E-state index contributed by atoms with van der Waals surface area (Å²) in [6.07, 6.45) is 0.0336. The number of carboxylic acid groups (broad SMARTS) is 1. The van der Waals surface area contributed by atoms with E-state index in [9.17, 15) is 4.79 Å². The van der Waals surface area contributed by atoms with Crippen LogP contribution in [-0.4, -0.2) is 11.1 Å². The van der Waals surface area contributed by atoms with Gasteiger partial charge in [0.1, 0.15) is 0 Å². The van der Waals surface area contributed by atoms with Crippen molar-refractivity contribution >= 4 is 17.6 Å². The van der Waals surface area contributed by atoms with E-state index in [0.717, 1.165) is 16.7 Å². The number of aryl methyl sites for hydroxylation is 1. The summed E-state index contributed by atoms with van der Waals surface area (Å²) in [6.45, 7) is 3.74. The van der Waals surface area contributed by atoms with Gasteiger partial charge in [0.15, 0.2) is 0 Å². The molecule has 0 atom stereocenters. The number of aliphatic carboxylic acids is 1. The van der Waals surface area contributed by atoms with Crippen molar-refractivity contribution in [2.75, 3.05) is 0 Å². The molecule has 0 aliphatic rings. The van der Waals surface area contributed by atoms with Crippen molar-refractivity contribution < 1.29 is 9.90 Å². The summed E-state index contributed by atoms with van der Waals surface area (Å²) in [6, 6.07) is 3.65. The van der Waals surface area contributed by atoms with Crippen LogP contribution in [-0.2, 0) is 11.2 Å². The standard InChI is InChI=1S/C10H11ClO2/c1-6-3-4-8(5-9(12)13)7(2)10(6)11/h3-4H,5H2,1-2H3,(H,12,13). The van der Waals surface area contributed by atoms with Gasteiger partial charge in [0.05, 0.1) is 6.42 Å². The number of hydrogen-bond donors (Lipinski definition) is 1. The summed E-state index contributed by atoms with van der Waals surface area (Å²) in [7, 11) is 0. The number of hydrogen-bond acceptors (Lipinski definition) is 1. The molecule has 0 amide bonds. The predicted molar refractivity (Wildman–Crippen MR) is 52.3 cm³/mol. The van der Waals surface area contributed by atoms with Gasteiger partial charge in [-0.2, -0.15) is 0 Å². The fraction of sp³-hybridized carbons (Fsp3) is 0.300. The highest BCUT2D eigenvalue weighted by molar-refractivity contribution is 6.32. The fourth-order valence-corrected chi connectivity index (χ4v) is 1.40. The van der Waals surface area contributed by atoms with Crippen LogP contribution in [0.2, 0.25) is 5.02 Å². The number of rotatable bonds is 2. The van der Waals surface area contributed by atoms with Crippen molar-refractivity contribution in [1.29, 1.82) is 0 Å². The zero-order valence-electron chi connectivity index (χ0n) is 7.60. The molecule has 0 unspecified atom stereocenters. The summed E-state index contributed by atoms with van der Waals surface area (Å²) in [5, 5.41) is 9.27. The molecule has 3 heteroatoms. The molecule has 1 aromatic carbocycles. The Morgan fingerprint density at radius 1 is 1.46 bits per heavy atom. The van der Waals surface area contributed by atoms with E-state index in [1.807, 2.05) is 26.0 Å². The Morgan fingerprint density at radius 2 is 2.08 bits per heavy atom. The molecule has 0 aromatic heterocycles. The molecule has 0 heterocycles. The van der Waals surface area contributed by atoms with Crippen molar-refractivity contribution in [3.05, 3.63) is 33.8 Å². The minimum atomic E-state index is -0.831. The number of carbonyl (C=O) groups is 1. The molecule has 13 heavy (non-hydrogen) atoms. The summed E-state index contributed by atoms with van der Waals surface area (Å²) >= 11 is 5.97.